The number of benzene rings is 3. The molecule has 3 aromatic carbocycles. The monoisotopic (exact) mass is 439 g/mol. The Morgan fingerprint density at radius 1 is 1.16 bits per heavy atom. The zero-order valence-electron chi connectivity index (χ0n) is 17.3. The number of furan rings is 1. The van der Waals surface area contributed by atoms with E-state index in [1.165, 1.54) is 12.1 Å². The molecule has 1 aromatic heterocycles. The SMILES string of the molecule is Cc1ccc(CN2CC(c3ccc(OC(F)F)c4oc5ccccc5c34)CC2=O)c(F)c1. The minimum Gasteiger partial charge on any atom is -0.452 e. The van der Waals surface area contributed by atoms with Crippen LogP contribution in [0.4, 0.5) is 13.2 Å². The van der Waals surface area contributed by atoms with Gasteiger partial charge in [-0.2, -0.15) is 8.78 Å². The molecule has 0 bridgehead atoms. The second-order valence-corrected chi connectivity index (χ2v) is 8.10. The summed E-state index contributed by atoms with van der Waals surface area (Å²) in [6, 6.07) is 15.4. The van der Waals surface area contributed by atoms with Gasteiger partial charge in [-0.25, -0.2) is 4.39 Å². The summed E-state index contributed by atoms with van der Waals surface area (Å²) in [5.41, 5.74) is 2.89. The molecule has 164 valence electrons. The summed E-state index contributed by atoms with van der Waals surface area (Å²) in [7, 11) is 0. The number of nitrogens with zero attached hydrogens (tertiary/aromatic N) is 1. The van der Waals surface area contributed by atoms with Crippen molar-refractivity contribution in [2.45, 2.75) is 32.4 Å². The number of aryl methyl sites for hydroxylation is 1. The summed E-state index contributed by atoms with van der Waals surface area (Å²) in [4.78, 5) is 14.4. The highest BCUT2D eigenvalue weighted by molar-refractivity contribution is 6.09. The minimum absolute atomic E-state index is 0.0437. The van der Waals surface area contributed by atoms with Crippen LogP contribution >= 0.6 is 0 Å². The van der Waals surface area contributed by atoms with Gasteiger partial charge in [-0.15, -0.1) is 0 Å². The van der Waals surface area contributed by atoms with Crippen molar-refractivity contribution >= 4 is 27.8 Å². The summed E-state index contributed by atoms with van der Waals surface area (Å²) in [5, 5.41) is 1.44. The second kappa shape index (κ2) is 7.89. The highest BCUT2D eigenvalue weighted by atomic mass is 19.3. The zero-order chi connectivity index (χ0) is 22.4. The van der Waals surface area contributed by atoms with E-state index in [4.69, 9.17) is 4.42 Å². The Morgan fingerprint density at radius 2 is 1.97 bits per heavy atom. The molecule has 2 heterocycles. The number of halogens is 3. The predicted octanol–water partition coefficient (Wildman–Crippen LogP) is 6.15. The molecule has 1 atom stereocenters. The molecule has 7 heteroatoms. The third-order valence-corrected chi connectivity index (χ3v) is 5.96. The molecule has 1 fully saturated rings. The number of hydrogen-bond acceptors (Lipinski definition) is 3. The van der Waals surface area contributed by atoms with Crippen LogP contribution in [0, 0.1) is 12.7 Å². The van der Waals surface area contributed by atoms with Gasteiger partial charge in [0.25, 0.3) is 0 Å². The van der Waals surface area contributed by atoms with Gasteiger partial charge < -0.3 is 14.1 Å². The standard InChI is InChI=1S/C25H20F3NO3/c1-14-6-7-15(19(26)10-14)12-29-13-16(11-22(29)30)17-8-9-21(32-25(27)28)24-23(17)18-4-2-3-5-20(18)31-24/h2-10,16,25H,11-13H2,1H3. The van der Waals surface area contributed by atoms with E-state index < -0.39 is 6.61 Å². The van der Waals surface area contributed by atoms with Crippen LogP contribution < -0.4 is 4.74 Å². The van der Waals surface area contributed by atoms with Crippen LogP contribution in [0.2, 0.25) is 0 Å². The Balaban J connectivity index is 1.53. The van der Waals surface area contributed by atoms with Crippen LogP contribution in [0.15, 0.2) is 59.0 Å². The smallest absolute Gasteiger partial charge is 0.387 e. The van der Waals surface area contributed by atoms with Crippen LogP contribution in [0.25, 0.3) is 21.9 Å². The van der Waals surface area contributed by atoms with E-state index >= 15 is 0 Å². The molecule has 4 nitrogen and oxygen atoms in total. The van der Waals surface area contributed by atoms with Gasteiger partial charge in [-0.05, 0) is 36.2 Å². The predicted molar refractivity (Wildman–Crippen MR) is 114 cm³/mol. The lowest BCUT2D eigenvalue weighted by atomic mass is 9.93. The van der Waals surface area contributed by atoms with Crippen molar-refractivity contribution in [2.75, 3.05) is 6.54 Å². The first-order valence-electron chi connectivity index (χ1n) is 10.3. The fourth-order valence-electron chi connectivity index (χ4n) is 4.48. The van der Waals surface area contributed by atoms with Gasteiger partial charge in [0.15, 0.2) is 11.3 Å². The minimum atomic E-state index is -2.98. The number of carbonyl (C=O) groups excluding carboxylic acids is 1. The molecule has 0 aliphatic carbocycles. The summed E-state index contributed by atoms with van der Waals surface area (Å²) in [5.74, 6) is -0.639. The molecule has 1 aliphatic heterocycles. The van der Waals surface area contributed by atoms with Gasteiger partial charge in [-0.1, -0.05) is 36.4 Å². The van der Waals surface area contributed by atoms with Crippen molar-refractivity contribution in [1.82, 2.24) is 4.90 Å². The maximum atomic E-state index is 14.3. The molecule has 1 unspecified atom stereocenters. The molecule has 0 spiro atoms. The maximum absolute atomic E-state index is 14.3. The third kappa shape index (κ3) is 3.57. The molecule has 5 rings (SSSR count). The fourth-order valence-corrected chi connectivity index (χ4v) is 4.48. The number of likely N-dealkylation sites (tertiary alicyclic amines) is 1. The molecular formula is C25H20F3NO3. The van der Waals surface area contributed by atoms with E-state index in [1.807, 2.05) is 25.1 Å². The number of amides is 1. The van der Waals surface area contributed by atoms with E-state index in [0.29, 0.717) is 23.1 Å². The lowest BCUT2D eigenvalue weighted by Crippen LogP contribution is -2.25. The number of para-hydroxylation sites is 1. The Morgan fingerprint density at radius 3 is 2.75 bits per heavy atom. The van der Waals surface area contributed by atoms with Crippen LogP contribution in [-0.4, -0.2) is 24.0 Å². The average Bonchev–Trinajstić information content (AvgIpc) is 3.31. The molecule has 0 N–H and O–H groups in total. The molecule has 1 amide bonds. The average molecular weight is 439 g/mol. The summed E-state index contributed by atoms with van der Waals surface area (Å²) in [6.45, 7) is -0.588. The lowest BCUT2D eigenvalue weighted by Gasteiger charge is -2.18. The number of carbonyl (C=O) groups is 1. The van der Waals surface area contributed by atoms with E-state index in [2.05, 4.69) is 4.74 Å². The van der Waals surface area contributed by atoms with Gasteiger partial charge in [0.2, 0.25) is 5.91 Å². The Labute approximate surface area is 182 Å². The van der Waals surface area contributed by atoms with Gasteiger partial charge in [0, 0.05) is 41.8 Å². The number of ether oxygens (including phenoxy) is 1. The van der Waals surface area contributed by atoms with Crippen LogP contribution in [0.3, 0.4) is 0 Å². The van der Waals surface area contributed by atoms with Crippen molar-refractivity contribution in [3.05, 3.63) is 77.1 Å². The van der Waals surface area contributed by atoms with Crippen molar-refractivity contribution in [3.8, 4) is 5.75 Å². The molecule has 4 aromatic rings. The lowest BCUT2D eigenvalue weighted by molar-refractivity contribution is -0.128. The molecule has 0 saturated carbocycles. The maximum Gasteiger partial charge on any atom is 0.387 e. The summed E-state index contributed by atoms with van der Waals surface area (Å²) < 4.78 is 50.7. The van der Waals surface area contributed by atoms with Crippen molar-refractivity contribution < 1.29 is 27.1 Å². The molecule has 1 aliphatic rings. The summed E-state index contributed by atoms with van der Waals surface area (Å²) >= 11 is 0. The first kappa shape index (κ1) is 20.4. The Kier molecular flexibility index (Phi) is 5.04. The van der Waals surface area contributed by atoms with Crippen molar-refractivity contribution in [2.24, 2.45) is 0 Å². The first-order valence-corrected chi connectivity index (χ1v) is 10.3. The quantitative estimate of drug-likeness (QED) is 0.375. The van der Waals surface area contributed by atoms with Gasteiger partial charge in [0.1, 0.15) is 11.4 Å². The topological polar surface area (TPSA) is 42.7 Å². The molecule has 32 heavy (non-hydrogen) atoms. The van der Waals surface area contributed by atoms with E-state index in [0.717, 1.165) is 16.5 Å². The fraction of sp³-hybridized carbons (Fsp3) is 0.240. The Hall–Kier alpha value is -3.48. The normalized spacial score (nSPS) is 16.6. The van der Waals surface area contributed by atoms with Crippen LogP contribution in [-0.2, 0) is 11.3 Å². The summed E-state index contributed by atoms with van der Waals surface area (Å²) in [6.07, 6.45) is 0.247. The van der Waals surface area contributed by atoms with Crippen molar-refractivity contribution in [1.29, 1.82) is 0 Å². The number of alkyl halides is 2. The van der Waals surface area contributed by atoms with Gasteiger partial charge in [-0.3, -0.25) is 4.79 Å². The first-order chi connectivity index (χ1) is 15.4. The van der Waals surface area contributed by atoms with Crippen LogP contribution in [0.1, 0.15) is 29.0 Å². The van der Waals surface area contributed by atoms with Crippen LogP contribution in [0.5, 0.6) is 5.75 Å². The van der Waals surface area contributed by atoms with Gasteiger partial charge in [0.05, 0.1) is 0 Å². The highest BCUT2D eigenvalue weighted by Gasteiger charge is 2.33. The molecular weight excluding hydrogens is 419 g/mol. The zero-order valence-corrected chi connectivity index (χ0v) is 17.3. The number of fused-ring (bicyclic) bond motifs is 3. The van der Waals surface area contributed by atoms with E-state index in [-0.39, 0.29) is 41.9 Å². The highest BCUT2D eigenvalue weighted by Crippen LogP contribution is 2.42. The number of hydrogen-bond donors (Lipinski definition) is 0. The number of rotatable bonds is 5. The van der Waals surface area contributed by atoms with E-state index in [1.54, 1.807) is 29.2 Å². The van der Waals surface area contributed by atoms with E-state index in [9.17, 15) is 18.0 Å². The Bertz CT molecular complexity index is 1330. The van der Waals surface area contributed by atoms with Gasteiger partial charge >= 0.3 is 6.61 Å². The third-order valence-electron chi connectivity index (χ3n) is 5.96. The molecule has 1 saturated heterocycles. The van der Waals surface area contributed by atoms with Crippen molar-refractivity contribution in [3.63, 3.8) is 0 Å². The largest absolute Gasteiger partial charge is 0.452 e. The second-order valence-electron chi connectivity index (χ2n) is 8.10. The molecule has 0 radical (unpaired) electrons.